The Hall–Kier alpha value is -0.940. The molecule has 2 rings (SSSR count). The quantitative estimate of drug-likeness (QED) is 0.769. The maximum absolute atomic E-state index is 9.77. The highest BCUT2D eigenvalue weighted by Gasteiger charge is 2.21. The lowest BCUT2D eigenvalue weighted by Gasteiger charge is -2.28. The van der Waals surface area contributed by atoms with E-state index in [0.717, 1.165) is 38.1 Å². The van der Waals surface area contributed by atoms with E-state index in [1.54, 1.807) is 11.0 Å². The van der Waals surface area contributed by atoms with Crippen molar-refractivity contribution >= 4 is 0 Å². The molecular weight excluding hydrogens is 204 g/mol. The number of aryl methyl sites for hydroxylation is 1. The van der Waals surface area contributed by atoms with Gasteiger partial charge in [0.2, 0.25) is 0 Å². The third-order valence-electron chi connectivity index (χ3n) is 3.13. The molecule has 5 nitrogen and oxygen atoms in total. The van der Waals surface area contributed by atoms with E-state index in [-0.39, 0.29) is 12.1 Å². The zero-order valence-corrected chi connectivity index (χ0v) is 9.76. The first-order valence-corrected chi connectivity index (χ1v) is 6.01. The molecule has 2 N–H and O–H groups in total. The van der Waals surface area contributed by atoms with Crippen molar-refractivity contribution in [3.8, 4) is 0 Å². The molecule has 1 aliphatic rings. The smallest absolute Gasteiger partial charge is 0.151 e. The fourth-order valence-corrected chi connectivity index (χ4v) is 2.22. The summed E-state index contributed by atoms with van der Waals surface area (Å²) in [5, 5.41) is 17.4. The van der Waals surface area contributed by atoms with Crippen LogP contribution in [0.1, 0.15) is 31.5 Å². The van der Waals surface area contributed by atoms with Crippen LogP contribution in [0.15, 0.2) is 6.33 Å². The molecule has 16 heavy (non-hydrogen) atoms. The minimum absolute atomic E-state index is 0.176. The summed E-state index contributed by atoms with van der Waals surface area (Å²) in [5.74, 6) is 0.861. The van der Waals surface area contributed by atoms with Gasteiger partial charge in [-0.2, -0.15) is 5.10 Å². The van der Waals surface area contributed by atoms with Crippen LogP contribution >= 0.6 is 0 Å². The van der Waals surface area contributed by atoms with Crippen LogP contribution in [0.25, 0.3) is 0 Å². The Bertz CT molecular complexity index is 326. The normalized spacial score (nSPS) is 25.9. The fourth-order valence-electron chi connectivity index (χ4n) is 2.22. The van der Waals surface area contributed by atoms with Gasteiger partial charge in [-0.05, 0) is 12.8 Å². The largest absolute Gasteiger partial charge is 0.392 e. The van der Waals surface area contributed by atoms with Crippen molar-refractivity contribution < 1.29 is 5.11 Å². The average Bonchev–Trinajstić information content (AvgIpc) is 2.67. The number of nitrogens with zero attached hydrogens (tertiary/aromatic N) is 3. The van der Waals surface area contributed by atoms with Gasteiger partial charge in [-0.15, -0.1) is 0 Å². The SMILES string of the molecule is Cn1cnc(CCN[C@H]2CCCC[C@@H]2O)n1. The van der Waals surface area contributed by atoms with Crippen molar-refractivity contribution in [1.29, 1.82) is 0 Å². The summed E-state index contributed by atoms with van der Waals surface area (Å²) in [6, 6.07) is 0.262. The van der Waals surface area contributed by atoms with E-state index in [2.05, 4.69) is 15.4 Å². The summed E-state index contributed by atoms with van der Waals surface area (Å²) in [5.41, 5.74) is 0. The van der Waals surface area contributed by atoms with Crippen molar-refractivity contribution in [2.75, 3.05) is 6.54 Å². The van der Waals surface area contributed by atoms with Crippen LogP contribution in [-0.4, -0.2) is 38.6 Å². The molecule has 1 aliphatic carbocycles. The number of hydrogen-bond donors (Lipinski definition) is 2. The van der Waals surface area contributed by atoms with Crippen molar-refractivity contribution in [3.63, 3.8) is 0 Å². The van der Waals surface area contributed by atoms with E-state index in [9.17, 15) is 5.11 Å². The molecule has 0 saturated heterocycles. The first-order chi connectivity index (χ1) is 7.75. The summed E-state index contributed by atoms with van der Waals surface area (Å²) < 4.78 is 1.71. The Morgan fingerprint density at radius 3 is 3.00 bits per heavy atom. The second-order valence-electron chi connectivity index (χ2n) is 4.50. The highest BCUT2D eigenvalue weighted by atomic mass is 16.3. The van der Waals surface area contributed by atoms with Crippen LogP contribution in [0.2, 0.25) is 0 Å². The van der Waals surface area contributed by atoms with Gasteiger partial charge in [0.15, 0.2) is 5.82 Å². The van der Waals surface area contributed by atoms with Crippen molar-refractivity contribution in [1.82, 2.24) is 20.1 Å². The summed E-state index contributed by atoms with van der Waals surface area (Å²) >= 11 is 0. The molecule has 0 unspecified atom stereocenters. The molecule has 5 heteroatoms. The monoisotopic (exact) mass is 224 g/mol. The molecule has 1 saturated carbocycles. The molecule has 90 valence electrons. The van der Waals surface area contributed by atoms with Crippen molar-refractivity contribution in [2.24, 2.45) is 7.05 Å². The van der Waals surface area contributed by atoms with Gasteiger partial charge in [0.25, 0.3) is 0 Å². The van der Waals surface area contributed by atoms with Gasteiger partial charge in [-0.25, -0.2) is 4.98 Å². The highest BCUT2D eigenvalue weighted by Crippen LogP contribution is 2.18. The summed E-state index contributed by atoms with van der Waals surface area (Å²) in [6.07, 6.45) is 6.74. The molecule has 2 atom stereocenters. The van der Waals surface area contributed by atoms with Crippen LogP contribution in [-0.2, 0) is 13.5 Å². The van der Waals surface area contributed by atoms with Crippen molar-refractivity contribution in [3.05, 3.63) is 12.2 Å². The molecular formula is C11H20N4O. The maximum atomic E-state index is 9.77. The molecule has 1 aromatic rings. The maximum Gasteiger partial charge on any atom is 0.151 e. The lowest BCUT2D eigenvalue weighted by molar-refractivity contribution is 0.0913. The third kappa shape index (κ3) is 3.02. The van der Waals surface area contributed by atoms with E-state index in [1.165, 1.54) is 6.42 Å². The highest BCUT2D eigenvalue weighted by molar-refractivity contribution is 4.85. The number of rotatable bonds is 4. The van der Waals surface area contributed by atoms with Gasteiger partial charge in [0.1, 0.15) is 6.33 Å². The molecule has 1 heterocycles. The Morgan fingerprint density at radius 2 is 2.31 bits per heavy atom. The molecule has 1 aromatic heterocycles. The second-order valence-corrected chi connectivity index (χ2v) is 4.50. The van der Waals surface area contributed by atoms with E-state index >= 15 is 0 Å². The van der Waals surface area contributed by atoms with Crippen LogP contribution in [0.4, 0.5) is 0 Å². The summed E-state index contributed by atoms with van der Waals surface area (Å²) in [6.45, 7) is 0.839. The third-order valence-corrected chi connectivity index (χ3v) is 3.13. The molecule has 0 aliphatic heterocycles. The Morgan fingerprint density at radius 1 is 1.50 bits per heavy atom. The van der Waals surface area contributed by atoms with Crippen LogP contribution in [0.3, 0.4) is 0 Å². The first kappa shape index (κ1) is 11.5. The number of hydrogen-bond acceptors (Lipinski definition) is 4. The molecule has 0 bridgehead atoms. The fraction of sp³-hybridized carbons (Fsp3) is 0.818. The number of aromatic nitrogens is 3. The van der Waals surface area contributed by atoms with Crippen molar-refractivity contribution in [2.45, 2.75) is 44.2 Å². The Labute approximate surface area is 95.9 Å². The minimum Gasteiger partial charge on any atom is -0.392 e. The van der Waals surface area contributed by atoms with E-state index in [0.29, 0.717) is 0 Å². The molecule has 1 fully saturated rings. The minimum atomic E-state index is -0.176. The van der Waals surface area contributed by atoms with Gasteiger partial charge >= 0.3 is 0 Å². The Kier molecular flexibility index (Phi) is 3.90. The second kappa shape index (κ2) is 5.41. The lowest BCUT2D eigenvalue weighted by Crippen LogP contribution is -2.42. The predicted octanol–water partition coefficient (Wildman–Crippen LogP) is 0.251. The molecule has 0 radical (unpaired) electrons. The summed E-state index contributed by atoms with van der Waals surface area (Å²) in [4.78, 5) is 4.17. The summed E-state index contributed by atoms with van der Waals surface area (Å²) in [7, 11) is 1.87. The van der Waals surface area contributed by atoms with Crippen LogP contribution in [0, 0.1) is 0 Å². The zero-order chi connectivity index (χ0) is 11.4. The standard InChI is InChI=1S/C11H20N4O/c1-15-8-13-11(14-15)6-7-12-9-4-2-3-5-10(9)16/h8-10,12,16H,2-7H2,1H3/t9-,10-/m0/s1. The van der Waals surface area contributed by atoms with Gasteiger partial charge in [0, 0.05) is 26.1 Å². The van der Waals surface area contributed by atoms with Gasteiger partial charge in [-0.3, -0.25) is 4.68 Å². The van der Waals surface area contributed by atoms with Gasteiger partial charge in [-0.1, -0.05) is 12.8 Å². The first-order valence-electron chi connectivity index (χ1n) is 6.01. The number of nitrogens with one attached hydrogen (secondary N) is 1. The van der Waals surface area contributed by atoms with E-state index in [1.807, 2.05) is 7.05 Å². The Balaban J connectivity index is 1.71. The molecule has 0 spiro atoms. The molecule has 0 amide bonds. The van der Waals surface area contributed by atoms with Gasteiger partial charge in [0.05, 0.1) is 6.10 Å². The number of aliphatic hydroxyl groups excluding tert-OH is 1. The van der Waals surface area contributed by atoms with E-state index in [4.69, 9.17) is 0 Å². The number of aliphatic hydroxyl groups is 1. The molecule has 0 aromatic carbocycles. The van der Waals surface area contributed by atoms with Crippen LogP contribution < -0.4 is 5.32 Å². The predicted molar refractivity (Wildman–Crippen MR) is 61.0 cm³/mol. The lowest BCUT2D eigenvalue weighted by atomic mass is 9.92. The average molecular weight is 224 g/mol. The zero-order valence-electron chi connectivity index (χ0n) is 9.76. The van der Waals surface area contributed by atoms with Crippen LogP contribution in [0.5, 0.6) is 0 Å². The van der Waals surface area contributed by atoms with Gasteiger partial charge < -0.3 is 10.4 Å². The topological polar surface area (TPSA) is 63.0 Å². The van der Waals surface area contributed by atoms with E-state index < -0.39 is 0 Å².